The van der Waals surface area contributed by atoms with Gasteiger partial charge in [-0.2, -0.15) is 5.10 Å². The summed E-state index contributed by atoms with van der Waals surface area (Å²) in [7, 11) is 0. The van der Waals surface area contributed by atoms with Crippen LogP contribution in [-0.2, 0) is 11.3 Å². The van der Waals surface area contributed by atoms with E-state index >= 15 is 0 Å². The highest BCUT2D eigenvalue weighted by Crippen LogP contribution is 2.12. The van der Waals surface area contributed by atoms with E-state index in [-0.39, 0.29) is 17.9 Å². The van der Waals surface area contributed by atoms with Gasteiger partial charge in [0.15, 0.2) is 0 Å². The number of carbonyl (C=O) groups excluding carboxylic acids is 1. The molecule has 102 valence electrons. The van der Waals surface area contributed by atoms with Crippen LogP contribution in [0.1, 0.15) is 40.0 Å². The molecule has 2 atom stereocenters. The summed E-state index contributed by atoms with van der Waals surface area (Å²) in [5.41, 5.74) is 6.45. The molecule has 5 heteroatoms. The predicted molar refractivity (Wildman–Crippen MR) is 73.2 cm³/mol. The summed E-state index contributed by atoms with van der Waals surface area (Å²) in [6.07, 6.45) is 6.34. The smallest absolute Gasteiger partial charge is 0.227 e. The third kappa shape index (κ3) is 4.87. The molecule has 0 aliphatic carbocycles. The number of amides is 1. The van der Waals surface area contributed by atoms with Crippen LogP contribution in [0.3, 0.4) is 0 Å². The quantitative estimate of drug-likeness (QED) is 0.779. The van der Waals surface area contributed by atoms with E-state index in [1.54, 1.807) is 10.9 Å². The molecular weight excluding hydrogens is 228 g/mol. The molecule has 1 aromatic rings. The van der Waals surface area contributed by atoms with Crippen molar-refractivity contribution in [3.05, 3.63) is 12.4 Å². The van der Waals surface area contributed by atoms with Crippen LogP contribution < -0.4 is 11.1 Å². The van der Waals surface area contributed by atoms with Crippen molar-refractivity contribution < 1.29 is 4.79 Å². The third-order valence-electron chi connectivity index (χ3n) is 2.97. The average molecular weight is 252 g/mol. The van der Waals surface area contributed by atoms with Gasteiger partial charge in [0.2, 0.25) is 5.91 Å². The Bertz CT molecular complexity index is 373. The summed E-state index contributed by atoms with van der Waals surface area (Å²) in [6, 6.07) is 0.211. The maximum absolute atomic E-state index is 11.9. The maximum atomic E-state index is 11.9. The van der Waals surface area contributed by atoms with Gasteiger partial charge in [-0.05, 0) is 26.7 Å². The van der Waals surface area contributed by atoms with E-state index in [0.29, 0.717) is 0 Å². The minimum atomic E-state index is 0.00808. The molecule has 18 heavy (non-hydrogen) atoms. The van der Waals surface area contributed by atoms with Gasteiger partial charge >= 0.3 is 0 Å². The molecule has 1 rings (SSSR count). The molecule has 2 unspecified atom stereocenters. The number of hydrogen-bond acceptors (Lipinski definition) is 3. The van der Waals surface area contributed by atoms with Gasteiger partial charge in [-0.1, -0.05) is 13.3 Å². The fraction of sp³-hybridized carbons (Fsp3) is 0.692. The molecule has 0 spiro atoms. The minimum absolute atomic E-state index is 0.00808. The summed E-state index contributed by atoms with van der Waals surface area (Å²) in [6.45, 7) is 6.75. The van der Waals surface area contributed by atoms with E-state index in [4.69, 9.17) is 5.73 Å². The number of rotatable bonds is 7. The van der Waals surface area contributed by atoms with Crippen molar-refractivity contribution in [3.8, 4) is 0 Å². The Balaban J connectivity index is 2.35. The number of carbonyl (C=O) groups is 1. The number of nitrogens with zero attached hydrogens (tertiary/aromatic N) is 2. The number of nitrogens with one attached hydrogen (secondary N) is 1. The maximum Gasteiger partial charge on any atom is 0.227 e. The molecule has 0 aliphatic rings. The first-order chi connectivity index (χ1) is 8.52. The number of hydrogen-bond donors (Lipinski definition) is 2. The Labute approximate surface area is 109 Å². The molecule has 3 N–H and O–H groups in total. The molecule has 1 amide bonds. The van der Waals surface area contributed by atoms with E-state index < -0.39 is 0 Å². The fourth-order valence-corrected chi connectivity index (χ4v) is 1.74. The molecule has 0 saturated heterocycles. The fourth-order valence-electron chi connectivity index (χ4n) is 1.74. The first kappa shape index (κ1) is 14.7. The third-order valence-corrected chi connectivity index (χ3v) is 2.97. The molecule has 0 aliphatic heterocycles. The lowest BCUT2D eigenvalue weighted by atomic mass is 10.0. The molecule has 0 fully saturated rings. The van der Waals surface area contributed by atoms with Gasteiger partial charge in [-0.3, -0.25) is 9.48 Å². The second kappa shape index (κ2) is 7.16. The Hall–Kier alpha value is -1.36. The monoisotopic (exact) mass is 252 g/mol. The van der Waals surface area contributed by atoms with Crippen LogP contribution >= 0.6 is 0 Å². The summed E-state index contributed by atoms with van der Waals surface area (Å²) in [4.78, 5) is 11.9. The van der Waals surface area contributed by atoms with E-state index in [1.807, 2.05) is 27.0 Å². The van der Waals surface area contributed by atoms with E-state index in [2.05, 4.69) is 10.4 Å². The van der Waals surface area contributed by atoms with Crippen molar-refractivity contribution in [2.45, 2.75) is 52.6 Å². The molecule has 0 saturated carbocycles. The molecular formula is C13H24N4O. The Morgan fingerprint density at radius 3 is 2.78 bits per heavy atom. The summed E-state index contributed by atoms with van der Waals surface area (Å²) in [5, 5.41) is 7.00. The lowest BCUT2D eigenvalue weighted by Gasteiger charge is -2.11. The Morgan fingerprint density at radius 2 is 2.22 bits per heavy atom. The van der Waals surface area contributed by atoms with Gasteiger partial charge in [0.1, 0.15) is 0 Å². The van der Waals surface area contributed by atoms with E-state index in [9.17, 15) is 4.79 Å². The topological polar surface area (TPSA) is 72.9 Å². The summed E-state index contributed by atoms with van der Waals surface area (Å²) >= 11 is 0. The predicted octanol–water partition coefficient (Wildman–Crippen LogP) is 2.00. The zero-order valence-corrected chi connectivity index (χ0v) is 11.5. The van der Waals surface area contributed by atoms with Crippen molar-refractivity contribution in [1.29, 1.82) is 0 Å². The standard InChI is InChI=1S/C13H24N4O/c1-4-17-9-12(8-15-17)16-13(18)10(2)6-5-7-11(3)14/h8-11H,4-7,14H2,1-3H3,(H,16,18). The van der Waals surface area contributed by atoms with Gasteiger partial charge < -0.3 is 11.1 Å². The number of anilines is 1. The van der Waals surface area contributed by atoms with E-state index in [0.717, 1.165) is 31.5 Å². The number of nitrogens with two attached hydrogens (primary N) is 1. The van der Waals surface area contributed by atoms with Crippen molar-refractivity contribution in [1.82, 2.24) is 9.78 Å². The Kier molecular flexibility index (Phi) is 5.85. The lowest BCUT2D eigenvalue weighted by molar-refractivity contribution is -0.119. The summed E-state index contributed by atoms with van der Waals surface area (Å²) in [5.74, 6) is 0.0593. The molecule has 5 nitrogen and oxygen atoms in total. The number of aryl methyl sites for hydroxylation is 1. The van der Waals surface area contributed by atoms with Gasteiger partial charge in [-0.25, -0.2) is 0 Å². The highest BCUT2D eigenvalue weighted by Gasteiger charge is 2.13. The van der Waals surface area contributed by atoms with Crippen LogP contribution in [0.15, 0.2) is 12.4 Å². The van der Waals surface area contributed by atoms with Gasteiger partial charge in [0.05, 0.1) is 11.9 Å². The molecule has 1 heterocycles. The second-order valence-corrected chi connectivity index (χ2v) is 4.88. The van der Waals surface area contributed by atoms with Crippen LogP contribution in [-0.4, -0.2) is 21.7 Å². The highest BCUT2D eigenvalue weighted by atomic mass is 16.1. The van der Waals surface area contributed by atoms with Crippen molar-refractivity contribution in [3.63, 3.8) is 0 Å². The molecule has 1 aromatic heterocycles. The van der Waals surface area contributed by atoms with Crippen LogP contribution in [0.25, 0.3) is 0 Å². The SMILES string of the molecule is CCn1cc(NC(=O)C(C)CCCC(C)N)cn1. The zero-order valence-electron chi connectivity index (χ0n) is 11.5. The first-order valence-electron chi connectivity index (χ1n) is 6.61. The molecule has 0 bridgehead atoms. The molecule has 0 radical (unpaired) electrons. The second-order valence-electron chi connectivity index (χ2n) is 4.88. The van der Waals surface area contributed by atoms with Crippen LogP contribution in [0.4, 0.5) is 5.69 Å². The van der Waals surface area contributed by atoms with Crippen molar-refractivity contribution in [2.24, 2.45) is 11.7 Å². The van der Waals surface area contributed by atoms with Crippen molar-refractivity contribution in [2.75, 3.05) is 5.32 Å². The van der Waals surface area contributed by atoms with E-state index in [1.165, 1.54) is 0 Å². The van der Waals surface area contributed by atoms with Gasteiger partial charge in [-0.15, -0.1) is 0 Å². The minimum Gasteiger partial charge on any atom is -0.328 e. The average Bonchev–Trinajstić information content (AvgIpc) is 2.76. The zero-order chi connectivity index (χ0) is 13.5. The van der Waals surface area contributed by atoms with Crippen LogP contribution in [0.2, 0.25) is 0 Å². The van der Waals surface area contributed by atoms with Crippen molar-refractivity contribution >= 4 is 11.6 Å². The lowest BCUT2D eigenvalue weighted by Crippen LogP contribution is -2.21. The van der Waals surface area contributed by atoms with Crippen LogP contribution in [0.5, 0.6) is 0 Å². The van der Waals surface area contributed by atoms with Crippen LogP contribution in [0, 0.1) is 5.92 Å². The van der Waals surface area contributed by atoms with Gasteiger partial charge in [0, 0.05) is 24.7 Å². The largest absolute Gasteiger partial charge is 0.328 e. The number of aromatic nitrogens is 2. The highest BCUT2D eigenvalue weighted by molar-refractivity contribution is 5.91. The first-order valence-corrected chi connectivity index (χ1v) is 6.61. The normalized spacial score (nSPS) is 14.2. The molecule has 0 aromatic carbocycles. The summed E-state index contributed by atoms with van der Waals surface area (Å²) < 4.78 is 1.79. The van der Waals surface area contributed by atoms with Gasteiger partial charge in [0.25, 0.3) is 0 Å². The Morgan fingerprint density at radius 1 is 1.50 bits per heavy atom.